The van der Waals surface area contributed by atoms with Crippen LogP contribution in [0.25, 0.3) is 10.2 Å². The Morgan fingerprint density at radius 3 is 2.85 bits per heavy atom. The van der Waals surface area contributed by atoms with Crippen LogP contribution in [0, 0.1) is 5.41 Å². The molecule has 108 valence electrons. The van der Waals surface area contributed by atoms with E-state index in [4.69, 9.17) is 14.9 Å². The molecular weight excluding hydrogens is 276 g/mol. The number of hydrogen-bond donors (Lipinski definition) is 1. The van der Waals surface area contributed by atoms with E-state index in [2.05, 4.69) is 0 Å². The van der Waals surface area contributed by atoms with Gasteiger partial charge in [0.25, 0.3) is 0 Å². The van der Waals surface area contributed by atoms with E-state index >= 15 is 0 Å². The number of ether oxygens (including phenoxy) is 2. The molecule has 0 atom stereocenters. The van der Waals surface area contributed by atoms with Crippen LogP contribution in [0.2, 0.25) is 0 Å². The molecule has 0 saturated carbocycles. The number of rotatable bonds is 6. The standard InChI is InChI=1S/C14H18N2O3S/c1-3-18-8-7-16-11-6-5-10(13(17)19-4-2)9-12(11)20-14(16)15/h5-6,9,15H,3-4,7-8H2,1-2H3. The van der Waals surface area contributed by atoms with Crippen molar-refractivity contribution >= 4 is 27.5 Å². The smallest absolute Gasteiger partial charge is 0.338 e. The number of nitrogens with zero attached hydrogens (tertiary/aromatic N) is 1. The van der Waals surface area contributed by atoms with Crippen LogP contribution >= 0.6 is 11.3 Å². The van der Waals surface area contributed by atoms with E-state index in [1.807, 2.05) is 17.6 Å². The number of esters is 1. The number of fused-ring (bicyclic) bond motifs is 1. The van der Waals surface area contributed by atoms with Crippen molar-refractivity contribution in [3.05, 3.63) is 28.6 Å². The average Bonchev–Trinajstić information content (AvgIpc) is 2.74. The van der Waals surface area contributed by atoms with Crippen LogP contribution in [0.3, 0.4) is 0 Å². The lowest BCUT2D eigenvalue weighted by molar-refractivity contribution is 0.0526. The van der Waals surface area contributed by atoms with Crippen molar-refractivity contribution in [1.29, 1.82) is 5.41 Å². The van der Waals surface area contributed by atoms with E-state index in [0.29, 0.717) is 36.7 Å². The molecule has 2 aromatic rings. The molecule has 0 aliphatic carbocycles. The Morgan fingerprint density at radius 1 is 1.35 bits per heavy atom. The lowest BCUT2D eigenvalue weighted by Crippen LogP contribution is -2.16. The van der Waals surface area contributed by atoms with Crippen molar-refractivity contribution in [3.63, 3.8) is 0 Å². The van der Waals surface area contributed by atoms with Gasteiger partial charge < -0.3 is 14.0 Å². The first kappa shape index (κ1) is 14.7. The van der Waals surface area contributed by atoms with Crippen molar-refractivity contribution in [2.24, 2.45) is 0 Å². The highest BCUT2D eigenvalue weighted by Gasteiger charge is 2.10. The van der Waals surface area contributed by atoms with Gasteiger partial charge >= 0.3 is 5.97 Å². The van der Waals surface area contributed by atoms with E-state index in [1.165, 1.54) is 11.3 Å². The zero-order valence-corrected chi connectivity index (χ0v) is 12.5. The molecule has 0 fully saturated rings. The fraction of sp³-hybridized carbons (Fsp3) is 0.429. The van der Waals surface area contributed by atoms with E-state index in [-0.39, 0.29) is 5.97 Å². The normalized spacial score (nSPS) is 10.9. The summed E-state index contributed by atoms with van der Waals surface area (Å²) in [6, 6.07) is 5.39. The van der Waals surface area contributed by atoms with Crippen LogP contribution in [0.15, 0.2) is 18.2 Å². The van der Waals surface area contributed by atoms with Gasteiger partial charge in [-0.15, -0.1) is 0 Å². The van der Waals surface area contributed by atoms with Crippen LogP contribution in [-0.4, -0.2) is 30.4 Å². The summed E-state index contributed by atoms with van der Waals surface area (Å²) in [5.74, 6) is -0.324. The number of carbonyl (C=O) groups is 1. The minimum atomic E-state index is -0.324. The van der Waals surface area contributed by atoms with E-state index in [9.17, 15) is 4.79 Å². The molecule has 0 amide bonds. The monoisotopic (exact) mass is 294 g/mol. The fourth-order valence-corrected chi connectivity index (χ4v) is 2.93. The van der Waals surface area contributed by atoms with Crippen LogP contribution in [0.5, 0.6) is 0 Å². The van der Waals surface area contributed by atoms with Crippen molar-refractivity contribution in [1.82, 2.24) is 4.57 Å². The van der Waals surface area contributed by atoms with Crippen LogP contribution in [0.4, 0.5) is 0 Å². The van der Waals surface area contributed by atoms with Gasteiger partial charge in [0.15, 0.2) is 4.80 Å². The maximum atomic E-state index is 11.7. The lowest BCUT2D eigenvalue weighted by atomic mass is 10.2. The van der Waals surface area contributed by atoms with Crippen LogP contribution in [0.1, 0.15) is 24.2 Å². The summed E-state index contributed by atoms with van der Waals surface area (Å²) in [7, 11) is 0. The third-order valence-electron chi connectivity index (χ3n) is 2.88. The molecule has 5 nitrogen and oxygen atoms in total. The molecule has 1 N–H and O–H groups in total. The summed E-state index contributed by atoms with van der Waals surface area (Å²) >= 11 is 1.35. The van der Waals surface area contributed by atoms with Gasteiger partial charge in [0, 0.05) is 13.2 Å². The number of thiazole rings is 1. The average molecular weight is 294 g/mol. The van der Waals surface area contributed by atoms with Crippen molar-refractivity contribution in [2.75, 3.05) is 19.8 Å². The van der Waals surface area contributed by atoms with Crippen molar-refractivity contribution in [2.45, 2.75) is 20.4 Å². The van der Waals surface area contributed by atoms with E-state index in [1.54, 1.807) is 19.1 Å². The van der Waals surface area contributed by atoms with Crippen molar-refractivity contribution in [3.8, 4) is 0 Å². The molecule has 0 aliphatic heterocycles. The minimum absolute atomic E-state index is 0.324. The Kier molecular flexibility index (Phi) is 4.92. The maximum absolute atomic E-state index is 11.7. The molecule has 0 unspecified atom stereocenters. The highest BCUT2D eigenvalue weighted by atomic mass is 32.1. The van der Waals surface area contributed by atoms with E-state index in [0.717, 1.165) is 10.2 Å². The van der Waals surface area contributed by atoms with Gasteiger partial charge in [-0.2, -0.15) is 0 Å². The van der Waals surface area contributed by atoms with Gasteiger partial charge in [-0.3, -0.25) is 5.41 Å². The zero-order valence-electron chi connectivity index (χ0n) is 11.6. The summed E-state index contributed by atoms with van der Waals surface area (Å²) in [5, 5.41) is 8.00. The quantitative estimate of drug-likeness (QED) is 0.657. The third-order valence-corrected chi connectivity index (χ3v) is 3.84. The molecule has 1 aromatic heterocycles. The highest BCUT2D eigenvalue weighted by molar-refractivity contribution is 7.16. The summed E-state index contributed by atoms with van der Waals surface area (Å²) in [5.41, 5.74) is 1.48. The molecule has 0 spiro atoms. The maximum Gasteiger partial charge on any atom is 0.338 e. The van der Waals surface area contributed by atoms with Gasteiger partial charge in [0.05, 0.1) is 29.0 Å². The van der Waals surface area contributed by atoms with Gasteiger partial charge in [-0.1, -0.05) is 11.3 Å². The molecule has 20 heavy (non-hydrogen) atoms. The Morgan fingerprint density at radius 2 is 2.15 bits per heavy atom. The molecular formula is C14H18N2O3S. The molecule has 0 saturated heterocycles. The number of hydrogen-bond acceptors (Lipinski definition) is 5. The molecule has 2 rings (SSSR count). The fourth-order valence-electron chi connectivity index (χ4n) is 1.95. The number of benzene rings is 1. The predicted octanol–water partition coefficient (Wildman–Crippen LogP) is 2.40. The number of aromatic nitrogens is 1. The number of nitrogens with one attached hydrogen (secondary N) is 1. The molecule has 6 heteroatoms. The van der Waals surface area contributed by atoms with Gasteiger partial charge in [0.2, 0.25) is 0 Å². The van der Waals surface area contributed by atoms with Gasteiger partial charge in [-0.05, 0) is 32.0 Å². The van der Waals surface area contributed by atoms with Gasteiger partial charge in [-0.25, -0.2) is 4.79 Å². The second-order valence-electron chi connectivity index (χ2n) is 4.16. The van der Waals surface area contributed by atoms with Crippen LogP contribution in [-0.2, 0) is 16.0 Å². The van der Waals surface area contributed by atoms with Gasteiger partial charge in [0.1, 0.15) is 0 Å². The Hall–Kier alpha value is -1.66. The first-order valence-corrected chi connectivity index (χ1v) is 7.41. The van der Waals surface area contributed by atoms with Crippen LogP contribution < -0.4 is 4.80 Å². The second-order valence-corrected chi connectivity index (χ2v) is 5.19. The molecule has 1 aromatic carbocycles. The lowest BCUT2D eigenvalue weighted by Gasteiger charge is -2.05. The SMILES string of the molecule is CCOCCn1c(=N)sc2cc(C(=O)OCC)ccc21. The summed E-state index contributed by atoms with van der Waals surface area (Å²) in [6.07, 6.45) is 0. The second kappa shape index (κ2) is 6.67. The first-order valence-electron chi connectivity index (χ1n) is 6.60. The van der Waals surface area contributed by atoms with Crippen molar-refractivity contribution < 1.29 is 14.3 Å². The first-order chi connectivity index (χ1) is 9.67. The summed E-state index contributed by atoms with van der Waals surface area (Å²) in [4.78, 5) is 12.2. The summed E-state index contributed by atoms with van der Waals surface area (Å²) in [6.45, 7) is 5.99. The Bertz CT molecular complexity index is 660. The number of carbonyl (C=O) groups excluding carboxylic acids is 1. The Labute approximate surface area is 121 Å². The molecule has 1 heterocycles. The molecule has 0 radical (unpaired) electrons. The molecule has 0 aliphatic rings. The summed E-state index contributed by atoms with van der Waals surface area (Å²) < 4.78 is 13.1. The largest absolute Gasteiger partial charge is 0.462 e. The molecule has 0 bridgehead atoms. The zero-order chi connectivity index (χ0) is 14.5. The predicted molar refractivity (Wildman–Crippen MR) is 78.1 cm³/mol. The third kappa shape index (κ3) is 3.08. The Balaban J connectivity index is 2.31. The highest BCUT2D eigenvalue weighted by Crippen LogP contribution is 2.19. The van der Waals surface area contributed by atoms with E-state index < -0.39 is 0 Å². The topological polar surface area (TPSA) is 64.3 Å². The minimum Gasteiger partial charge on any atom is -0.462 e.